The van der Waals surface area contributed by atoms with Gasteiger partial charge < -0.3 is 16.0 Å². The Bertz CT molecular complexity index is 1540. The number of nitrogens with one attached hydrogen (secondary N) is 3. The van der Waals surface area contributed by atoms with Crippen molar-refractivity contribution in [3.63, 3.8) is 0 Å². The molecule has 1 atom stereocenters. The molecule has 3 aromatic carbocycles. The fourth-order valence-corrected chi connectivity index (χ4v) is 4.56. The maximum absolute atomic E-state index is 15.1. The van der Waals surface area contributed by atoms with Gasteiger partial charge >= 0.3 is 0 Å². The molecule has 37 heavy (non-hydrogen) atoms. The first-order valence-corrected chi connectivity index (χ1v) is 11.9. The van der Waals surface area contributed by atoms with Crippen molar-refractivity contribution in [2.45, 2.75) is 26.8 Å². The number of hydrogen-bond donors (Lipinski definition) is 3. The van der Waals surface area contributed by atoms with Crippen LogP contribution in [0.3, 0.4) is 0 Å². The Balaban J connectivity index is 1.56. The number of allylic oxidation sites excluding steroid dienone is 1. The second-order valence-electron chi connectivity index (χ2n) is 9.03. The molecule has 0 saturated heterocycles. The molecule has 0 saturated carbocycles. The van der Waals surface area contributed by atoms with Gasteiger partial charge in [0, 0.05) is 22.6 Å². The minimum atomic E-state index is -0.888. The number of fused-ring (bicyclic) bond motifs is 1. The van der Waals surface area contributed by atoms with E-state index in [1.54, 1.807) is 37.3 Å². The fourth-order valence-electron chi connectivity index (χ4n) is 4.56. The lowest BCUT2D eigenvalue weighted by molar-refractivity contribution is -0.113. The number of carbonyl (C=O) groups excluding carboxylic acids is 2. The third-order valence-electron chi connectivity index (χ3n) is 6.37. The summed E-state index contributed by atoms with van der Waals surface area (Å²) < 4.78 is 16.6. The van der Waals surface area contributed by atoms with E-state index >= 15 is 4.39 Å². The van der Waals surface area contributed by atoms with Crippen molar-refractivity contribution in [2.75, 3.05) is 16.0 Å². The van der Waals surface area contributed by atoms with Gasteiger partial charge in [-0.3, -0.25) is 9.59 Å². The van der Waals surface area contributed by atoms with Crippen molar-refractivity contribution in [2.24, 2.45) is 0 Å². The van der Waals surface area contributed by atoms with E-state index < -0.39 is 11.9 Å². The average Bonchev–Trinajstić information content (AvgIpc) is 3.29. The number of benzene rings is 3. The van der Waals surface area contributed by atoms with Crippen molar-refractivity contribution in [1.29, 1.82) is 0 Å². The molecule has 0 aliphatic carbocycles. The summed E-state index contributed by atoms with van der Waals surface area (Å²) in [5.74, 6) is -0.858. The standard InChI is InChI=1S/C29H26FN5O2/c1-17-13-14-24(18(2)15-17)34-29(37)25-19(3)32-27-22(28(36)33-20-9-5-4-6-10-20)16-31-35(27)26(25)21-11-7-8-12-23(21)30/h4-16,26,32H,1-3H3,(H,33,36)(H,34,37). The Hall–Kier alpha value is -4.72. The monoisotopic (exact) mass is 495 g/mol. The van der Waals surface area contributed by atoms with E-state index in [0.717, 1.165) is 11.1 Å². The molecule has 0 spiro atoms. The van der Waals surface area contributed by atoms with Gasteiger partial charge in [-0.1, -0.05) is 54.1 Å². The van der Waals surface area contributed by atoms with Crippen LogP contribution in [0.5, 0.6) is 0 Å². The highest BCUT2D eigenvalue weighted by Gasteiger charge is 2.36. The number of para-hydroxylation sites is 1. The van der Waals surface area contributed by atoms with E-state index in [4.69, 9.17) is 0 Å². The third kappa shape index (κ3) is 4.61. The highest BCUT2D eigenvalue weighted by molar-refractivity contribution is 6.09. The van der Waals surface area contributed by atoms with Gasteiger partial charge in [-0.2, -0.15) is 5.10 Å². The Morgan fingerprint density at radius 3 is 2.38 bits per heavy atom. The molecule has 1 aromatic heterocycles. The average molecular weight is 496 g/mol. The molecule has 0 radical (unpaired) electrons. The quantitative estimate of drug-likeness (QED) is 0.326. The van der Waals surface area contributed by atoms with Crippen LogP contribution in [-0.2, 0) is 4.79 Å². The molecule has 5 rings (SSSR count). The van der Waals surface area contributed by atoms with Crippen LogP contribution in [0.4, 0.5) is 21.6 Å². The van der Waals surface area contributed by atoms with E-state index in [1.165, 1.54) is 16.9 Å². The SMILES string of the molecule is CC1=C(C(=O)Nc2ccc(C)cc2C)C(c2ccccc2F)n2ncc(C(=O)Nc3ccccc3)c2N1. The summed E-state index contributed by atoms with van der Waals surface area (Å²) in [7, 11) is 0. The minimum absolute atomic E-state index is 0.272. The van der Waals surface area contributed by atoms with E-state index in [1.807, 2.05) is 50.2 Å². The maximum atomic E-state index is 15.1. The largest absolute Gasteiger partial charge is 0.343 e. The maximum Gasteiger partial charge on any atom is 0.261 e. The molecule has 1 aliphatic rings. The van der Waals surface area contributed by atoms with Gasteiger partial charge in [0.2, 0.25) is 0 Å². The molecule has 0 bridgehead atoms. The molecule has 7 nitrogen and oxygen atoms in total. The summed E-state index contributed by atoms with van der Waals surface area (Å²) in [5, 5.41) is 13.4. The van der Waals surface area contributed by atoms with Gasteiger partial charge in [-0.15, -0.1) is 0 Å². The van der Waals surface area contributed by atoms with E-state index in [2.05, 4.69) is 21.0 Å². The zero-order valence-electron chi connectivity index (χ0n) is 20.7. The molecular weight excluding hydrogens is 469 g/mol. The van der Waals surface area contributed by atoms with Crippen molar-refractivity contribution in [3.8, 4) is 0 Å². The topological polar surface area (TPSA) is 88.0 Å². The number of aryl methyl sites for hydroxylation is 2. The molecule has 1 unspecified atom stereocenters. The van der Waals surface area contributed by atoms with Crippen LogP contribution in [0.1, 0.15) is 40.0 Å². The fraction of sp³-hybridized carbons (Fsp3) is 0.138. The van der Waals surface area contributed by atoms with Crippen molar-refractivity contribution in [1.82, 2.24) is 9.78 Å². The predicted octanol–water partition coefficient (Wildman–Crippen LogP) is 5.82. The lowest BCUT2D eigenvalue weighted by atomic mass is 9.94. The Morgan fingerprint density at radius 2 is 1.65 bits per heavy atom. The van der Waals surface area contributed by atoms with Crippen LogP contribution in [0.2, 0.25) is 0 Å². The van der Waals surface area contributed by atoms with Gasteiger partial charge in [0.1, 0.15) is 23.2 Å². The minimum Gasteiger partial charge on any atom is -0.343 e. The lowest BCUT2D eigenvalue weighted by Crippen LogP contribution is -2.32. The van der Waals surface area contributed by atoms with E-state index in [0.29, 0.717) is 28.5 Å². The number of carbonyl (C=O) groups is 2. The Labute approximate surface area is 214 Å². The first-order valence-electron chi connectivity index (χ1n) is 11.9. The lowest BCUT2D eigenvalue weighted by Gasteiger charge is -2.30. The van der Waals surface area contributed by atoms with Crippen molar-refractivity contribution < 1.29 is 14.0 Å². The van der Waals surface area contributed by atoms with E-state index in [9.17, 15) is 9.59 Å². The zero-order chi connectivity index (χ0) is 26.1. The number of nitrogens with zero attached hydrogens (tertiary/aromatic N) is 2. The number of aromatic nitrogens is 2. The van der Waals surface area contributed by atoms with Crippen molar-refractivity contribution in [3.05, 3.63) is 118 Å². The molecular formula is C29H26FN5O2. The van der Waals surface area contributed by atoms with Gasteiger partial charge in [-0.05, 0) is 50.6 Å². The smallest absolute Gasteiger partial charge is 0.261 e. The number of amides is 2. The number of hydrogen-bond acceptors (Lipinski definition) is 4. The number of halogens is 1. The molecule has 186 valence electrons. The van der Waals surface area contributed by atoms with Crippen LogP contribution in [0, 0.1) is 19.7 Å². The second-order valence-corrected chi connectivity index (χ2v) is 9.03. The highest BCUT2D eigenvalue weighted by Crippen LogP contribution is 2.39. The Kier molecular flexibility index (Phi) is 6.31. The predicted molar refractivity (Wildman–Crippen MR) is 142 cm³/mol. The number of rotatable bonds is 5. The summed E-state index contributed by atoms with van der Waals surface area (Å²) in [6.07, 6.45) is 1.42. The van der Waals surface area contributed by atoms with Crippen LogP contribution in [0.25, 0.3) is 0 Å². The highest BCUT2D eigenvalue weighted by atomic mass is 19.1. The summed E-state index contributed by atoms with van der Waals surface area (Å²) >= 11 is 0. The molecule has 3 N–H and O–H groups in total. The summed E-state index contributed by atoms with van der Waals surface area (Å²) in [4.78, 5) is 26.8. The van der Waals surface area contributed by atoms with Gasteiger partial charge in [0.05, 0.1) is 11.8 Å². The molecule has 8 heteroatoms. The molecule has 1 aliphatic heterocycles. The third-order valence-corrected chi connectivity index (χ3v) is 6.37. The van der Waals surface area contributed by atoms with Crippen LogP contribution >= 0.6 is 0 Å². The molecule has 2 amide bonds. The van der Waals surface area contributed by atoms with Gasteiger partial charge in [0.15, 0.2) is 0 Å². The molecule has 2 heterocycles. The van der Waals surface area contributed by atoms with Crippen molar-refractivity contribution >= 4 is 29.0 Å². The van der Waals surface area contributed by atoms with Gasteiger partial charge in [0.25, 0.3) is 11.8 Å². The summed E-state index contributed by atoms with van der Waals surface area (Å²) in [6.45, 7) is 5.63. The van der Waals surface area contributed by atoms with Crippen LogP contribution < -0.4 is 16.0 Å². The zero-order valence-corrected chi connectivity index (χ0v) is 20.7. The van der Waals surface area contributed by atoms with Crippen LogP contribution in [-0.4, -0.2) is 21.6 Å². The van der Waals surface area contributed by atoms with Crippen LogP contribution in [0.15, 0.2) is 90.3 Å². The Morgan fingerprint density at radius 1 is 0.919 bits per heavy atom. The first-order chi connectivity index (χ1) is 17.8. The van der Waals surface area contributed by atoms with Gasteiger partial charge in [-0.25, -0.2) is 9.07 Å². The summed E-state index contributed by atoms with van der Waals surface area (Å²) in [5.41, 5.74) is 4.64. The molecule has 0 fully saturated rings. The summed E-state index contributed by atoms with van der Waals surface area (Å²) in [6, 6.07) is 20.2. The first kappa shape index (κ1) is 24.0. The van der Waals surface area contributed by atoms with E-state index in [-0.39, 0.29) is 22.9 Å². The second kappa shape index (κ2) is 9.73. The molecule has 4 aromatic rings. The normalized spacial score (nSPS) is 14.5. The number of anilines is 3.